The quantitative estimate of drug-likeness (QED) is 0.665. The predicted octanol–water partition coefficient (Wildman–Crippen LogP) is 4.44. The van der Waals surface area contributed by atoms with Gasteiger partial charge in [-0.05, 0) is 38.5 Å². The largest absolute Gasteiger partial charge is 0.422 e. The summed E-state index contributed by atoms with van der Waals surface area (Å²) in [6, 6.07) is 7.28. The standard InChI is InChI=1S/C20H18F3NO4S/c1-19(2,3)18(25)28-16-15-12(7-6-10-24-15)11-29(26,27)17(16)13-8-4-5-9-14(13)20(21,22)23/h4-10H,11H2,1-3H3. The number of benzene rings is 1. The summed E-state index contributed by atoms with van der Waals surface area (Å²) >= 11 is 0. The molecule has 5 nitrogen and oxygen atoms in total. The maximum Gasteiger partial charge on any atom is 0.417 e. The van der Waals surface area contributed by atoms with E-state index in [0.717, 1.165) is 18.2 Å². The molecule has 0 aliphatic carbocycles. The van der Waals surface area contributed by atoms with Gasteiger partial charge >= 0.3 is 12.1 Å². The molecule has 1 aromatic heterocycles. The molecule has 0 saturated carbocycles. The third kappa shape index (κ3) is 4.05. The highest BCUT2D eigenvalue weighted by atomic mass is 32.2. The van der Waals surface area contributed by atoms with E-state index in [1.807, 2.05) is 0 Å². The highest BCUT2D eigenvalue weighted by Gasteiger charge is 2.41. The van der Waals surface area contributed by atoms with Crippen LogP contribution in [-0.2, 0) is 31.3 Å². The van der Waals surface area contributed by atoms with Gasteiger partial charge in [0.2, 0.25) is 0 Å². The Morgan fingerprint density at radius 1 is 1.07 bits per heavy atom. The van der Waals surface area contributed by atoms with Crippen molar-refractivity contribution in [2.75, 3.05) is 0 Å². The monoisotopic (exact) mass is 425 g/mol. The van der Waals surface area contributed by atoms with Gasteiger partial charge in [-0.15, -0.1) is 0 Å². The van der Waals surface area contributed by atoms with Gasteiger partial charge in [-0.3, -0.25) is 9.78 Å². The van der Waals surface area contributed by atoms with Crippen LogP contribution in [0.4, 0.5) is 13.2 Å². The van der Waals surface area contributed by atoms with Gasteiger partial charge < -0.3 is 4.74 Å². The Bertz CT molecular complexity index is 1110. The lowest BCUT2D eigenvalue weighted by molar-refractivity contribution is -0.145. The van der Waals surface area contributed by atoms with Crippen LogP contribution in [0.15, 0.2) is 42.6 Å². The Labute approximate surface area is 166 Å². The highest BCUT2D eigenvalue weighted by molar-refractivity contribution is 8.00. The molecule has 9 heteroatoms. The van der Waals surface area contributed by atoms with Crippen LogP contribution in [0.25, 0.3) is 10.7 Å². The number of alkyl halides is 3. The third-order valence-electron chi connectivity index (χ3n) is 4.25. The van der Waals surface area contributed by atoms with Gasteiger partial charge in [0.1, 0.15) is 10.6 Å². The molecule has 3 rings (SSSR count). The number of nitrogens with zero attached hydrogens (tertiary/aromatic N) is 1. The first-order valence-corrected chi connectivity index (χ1v) is 10.3. The second kappa shape index (κ2) is 6.98. The maximum atomic E-state index is 13.6. The van der Waals surface area contributed by atoms with Crippen LogP contribution >= 0.6 is 0 Å². The zero-order valence-electron chi connectivity index (χ0n) is 15.9. The van der Waals surface area contributed by atoms with Crippen molar-refractivity contribution >= 4 is 26.5 Å². The molecule has 0 bridgehead atoms. The lowest BCUT2D eigenvalue weighted by Crippen LogP contribution is -2.26. The van der Waals surface area contributed by atoms with E-state index >= 15 is 0 Å². The summed E-state index contributed by atoms with van der Waals surface area (Å²) in [5.74, 6) is -1.82. The Morgan fingerprint density at radius 3 is 2.34 bits per heavy atom. The zero-order valence-corrected chi connectivity index (χ0v) is 16.7. The van der Waals surface area contributed by atoms with E-state index in [0.29, 0.717) is 0 Å². The predicted molar refractivity (Wildman–Crippen MR) is 101 cm³/mol. The summed E-state index contributed by atoms with van der Waals surface area (Å²) in [7, 11) is -4.25. The van der Waals surface area contributed by atoms with Gasteiger partial charge in [0, 0.05) is 11.8 Å². The molecule has 0 unspecified atom stereocenters. The van der Waals surface area contributed by atoms with Crippen LogP contribution in [-0.4, -0.2) is 19.4 Å². The number of ether oxygens (including phenoxy) is 1. The number of hydrogen-bond acceptors (Lipinski definition) is 5. The summed E-state index contributed by atoms with van der Waals surface area (Å²) in [6.07, 6.45) is -3.45. The maximum absolute atomic E-state index is 13.6. The summed E-state index contributed by atoms with van der Waals surface area (Å²) in [5.41, 5.74) is -2.45. The molecule has 154 valence electrons. The number of fused-ring (bicyclic) bond motifs is 1. The molecule has 0 radical (unpaired) electrons. The minimum Gasteiger partial charge on any atom is -0.422 e. The minimum atomic E-state index is -4.80. The van der Waals surface area contributed by atoms with Crippen molar-refractivity contribution in [2.24, 2.45) is 5.41 Å². The van der Waals surface area contributed by atoms with Gasteiger partial charge in [-0.1, -0.05) is 24.3 Å². The van der Waals surface area contributed by atoms with Crippen molar-refractivity contribution in [3.8, 4) is 0 Å². The normalized spacial score (nSPS) is 16.3. The molecule has 29 heavy (non-hydrogen) atoms. The van der Waals surface area contributed by atoms with Crippen LogP contribution in [0.3, 0.4) is 0 Å². The van der Waals surface area contributed by atoms with Crippen molar-refractivity contribution in [3.05, 3.63) is 65.0 Å². The first-order valence-electron chi connectivity index (χ1n) is 8.62. The molecule has 1 aliphatic rings. The number of pyridine rings is 1. The van der Waals surface area contributed by atoms with Gasteiger partial charge in [0.05, 0.1) is 16.7 Å². The molecule has 0 saturated heterocycles. The fourth-order valence-electron chi connectivity index (χ4n) is 2.84. The van der Waals surface area contributed by atoms with Crippen molar-refractivity contribution in [2.45, 2.75) is 32.7 Å². The van der Waals surface area contributed by atoms with Crippen LogP contribution in [0.2, 0.25) is 0 Å². The first-order chi connectivity index (χ1) is 13.3. The Kier molecular flexibility index (Phi) is 5.06. The summed E-state index contributed by atoms with van der Waals surface area (Å²) in [4.78, 5) is 15.9. The smallest absolute Gasteiger partial charge is 0.417 e. The van der Waals surface area contributed by atoms with Crippen LogP contribution in [0.5, 0.6) is 0 Å². The van der Waals surface area contributed by atoms with Crippen LogP contribution in [0.1, 0.15) is 43.2 Å². The number of carbonyl (C=O) groups excluding carboxylic acids is 1. The second-order valence-electron chi connectivity index (χ2n) is 7.61. The molecular formula is C20H18F3NO4S. The number of sulfone groups is 1. The molecule has 0 spiro atoms. The number of hydrogen-bond donors (Lipinski definition) is 0. The average molecular weight is 425 g/mol. The Morgan fingerprint density at radius 2 is 1.72 bits per heavy atom. The zero-order chi connectivity index (χ0) is 21.6. The average Bonchev–Trinajstić information content (AvgIpc) is 2.59. The molecule has 0 amide bonds. The Balaban J connectivity index is 2.39. The summed E-state index contributed by atoms with van der Waals surface area (Å²) in [5, 5.41) is 0. The van der Waals surface area contributed by atoms with E-state index < -0.39 is 54.9 Å². The van der Waals surface area contributed by atoms with E-state index in [9.17, 15) is 26.4 Å². The fraction of sp³-hybridized carbons (Fsp3) is 0.300. The summed E-state index contributed by atoms with van der Waals surface area (Å²) in [6.45, 7) is 4.65. The summed E-state index contributed by atoms with van der Waals surface area (Å²) < 4.78 is 72.2. The minimum absolute atomic E-state index is 0.0342. The fourth-order valence-corrected chi connectivity index (χ4v) is 4.56. The molecule has 1 aromatic carbocycles. The number of halogens is 3. The molecule has 2 heterocycles. The molecule has 1 aliphatic heterocycles. The SMILES string of the molecule is CC(C)(C)C(=O)OC1=C(c2ccccc2C(F)(F)F)S(=O)(=O)Cc2cccnc21. The van der Waals surface area contributed by atoms with Crippen LogP contribution in [0, 0.1) is 5.41 Å². The third-order valence-corrected chi connectivity index (χ3v) is 5.97. The van der Waals surface area contributed by atoms with Crippen molar-refractivity contribution in [1.82, 2.24) is 4.98 Å². The van der Waals surface area contributed by atoms with Crippen molar-refractivity contribution in [1.29, 1.82) is 0 Å². The van der Waals surface area contributed by atoms with Gasteiger partial charge in [0.25, 0.3) is 0 Å². The lowest BCUT2D eigenvalue weighted by atomic mass is 9.97. The van der Waals surface area contributed by atoms with E-state index in [-0.39, 0.29) is 11.3 Å². The number of aromatic nitrogens is 1. The lowest BCUT2D eigenvalue weighted by Gasteiger charge is -2.26. The number of carbonyl (C=O) groups is 1. The second-order valence-corrected chi connectivity index (χ2v) is 9.54. The van der Waals surface area contributed by atoms with Gasteiger partial charge in [-0.25, -0.2) is 8.42 Å². The molecular weight excluding hydrogens is 407 g/mol. The topological polar surface area (TPSA) is 73.3 Å². The number of esters is 1. The molecule has 0 atom stereocenters. The van der Waals surface area contributed by atoms with E-state index in [4.69, 9.17) is 4.74 Å². The van der Waals surface area contributed by atoms with E-state index in [1.165, 1.54) is 24.4 Å². The first kappa shape index (κ1) is 21.0. The van der Waals surface area contributed by atoms with Crippen LogP contribution < -0.4 is 0 Å². The van der Waals surface area contributed by atoms with Gasteiger partial charge in [-0.2, -0.15) is 13.2 Å². The van der Waals surface area contributed by atoms with Crippen molar-refractivity contribution in [3.63, 3.8) is 0 Å². The van der Waals surface area contributed by atoms with Gasteiger partial charge in [0.15, 0.2) is 15.6 Å². The highest BCUT2D eigenvalue weighted by Crippen LogP contribution is 2.44. The number of rotatable bonds is 2. The van der Waals surface area contributed by atoms with Crippen molar-refractivity contribution < 1.29 is 31.1 Å². The van der Waals surface area contributed by atoms with E-state index in [2.05, 4.69) is 4.98 Å². The molecule has 2 aromatic rings. The van der Waals surface area contributed by atoms with E-state index in [1.54, 1.807) is 20.8 Å². The Hall–Kier alpha value is -2.68. The molecule has 0 N–H and O–H groups in total. The molecule has 0 fully saturated rings.